The van der Waals surface area contributed by atoms with E-state index in [1.54, 1.807) is 0 Å². The molecule has 0 unspecified atom stereocenters. The zero-order valence-electron chi connectivity index (χ0n) is 40.5. The fraction of sp³-hybridized carbons (Fsp3) is 0.182. The fourth-order valence-corrected chi connectivity index (χ4v) is 13.6. The standard InChI is InChI=1S/C66H56/c1-33-25-37(5)53(38(6)26-33)59-45-17-13-14-18-46(45)60(54-39(7)27-34(2)28-40(54)8)64-50-23-24-52-58-51(22-21-49(57(50)58)63(59)64)65-61(55-41(9)29-35(3)30-42(55)10)47-19-15-16-20-48(47)62(66(52)65)56-43(11)31-36(4)32-44(56)12/h13-32H,1-12H3. The number of aryl methyl sites for hydroxylation is 12. The van der Waals surface area contributed by atoms with Gasteiger partial charge in [0.1, 0.15) is 0 Å². The van der Waals surface area contributed by atoms with Crippen molar-refractivity contribution in [3.63, 3.8) is 0 Å². The molecule has 0 bridgehead atoms. The van der Waals surface area contributed by atoms with Crippen molar-refractivity contribution in [2.75, 3.05) is 0 Å². The molecule has 0 heterocycles. The Morgan fingerprint density at radius 2 is 0.379 bits per heavy atom. The minimum Gasteiger partial charge on any atom is -0.0616 e. The van der Waals surface area contributed by atoms with Crippen LogP contribution in [-0.4, -0.2) is 0 Å². The van der Waals surface area contributed by atoms with Crippen molar-refractivity contribution < 1.29 is 0 Å². The summed E-state index contributed by atoms with van der Waals surface area (Å²) in [5.74, 6) is 0. The van der Waals surface area contributed by atoms with Crippen LogP contribution in [0.15, 0.2) is 121 Å². The van der Waals surface area contributed by atoms with Crippen molar-refractivity contribution in [3.8, 4) is 89.0 Å². The van der Waals surface area contributed by atoms with E-state index in [4.69, 9.17) is 0 Å². The summed E-state index contributed by atoms with van der Waals surface area (Å²) in [4.78, 5) is 0. The van der Waals surface area contributed by atoms with E-state index in [1.165, 1.54) is 188 Å². The Morgan fingerprint density at radius 3 is 0.561 bits per heavy atom. The monoisotopic (exact) mass is 848 g/mol. The first-order valence-electron chi connectivity index (χ1n) is 23.8. The van der Waals surface area contributed by atoms with E-state index < -0.39 is 0 Å². The van der Waals surface area contributed by atoms with Crippen LogP contribution in [0, 0.1) is 83.1 Å². The zero-order valence-corrected chi connectivity index (χ0v) is 40.5. The Morgan fingerprint density at radius 1 is 0.197 bits per heavy atom. The summed E-state index contributed by atoms with van der Waals surface area (Å²) in [5.41, 5.74) is 37.5. The summed E-state index contributed by atoms with van der Waals surface area (Å²) in [7, 11) is 0. The number of fused-ring (bicyclic) bond motifs is 8. The third-order valence-corrected chi connectivity index (χ3v) is 15.4. The van der Waals surface area contributed by atoms with Gasteiger partial charge in [0.2, 0.25) is 0 Å². The van der Waals surface area contributed by atoms with Gasteiger partial charge in [-0.3, -0.25) is 0 Å². The van der Waals surface area contributed by atoms with Crippen molar-refractivity contribution >= 4 is 32.3 Å². The predicted molar refractivity (Wildman–Crippen MR) is 286 cm³/mol. The molecule has 0 heteroatoms. The van der Waals surface area contributed by atoms with Gasteiger partial charge in [0, 0.05) is 0 Å². The molecule has 12 rings (SSSR count). The lowest BCUT2D eigenvalue weighted by Gasteiger charge is -2.25. The summed E-state index contributed by atoms with van der Waals surface area (Å²) >= 11 is 0. The normalized spacial score (nSPS) is 12.2. The molecule has 320 valence electrons. The molecule has 0 N–H and O–H groups in total. The number of hydrogen-bond acceptors (Lipinski definition) is 0. The van der Waals surface area contributed by atoms with E-state index in [1.807, 2.05) is 0 Å². The maximum absolute atomic E-state index is 2.51. The highest BCUT2D eigenvalue weighted by Crippen LogP contribution is 2.65. The van der Waals surface area contributed by atoms with Gasteiger partial charge < -0.3 is 0 Å². The van der Waals surface area contributed by atoms with Crippen LogP contribution in [0.5, 0.6) is 0 Å². The molecule has 0 saturated carbocycles. The van der Waals surface area contributed by atoms with Gasteiger partial charge in [0.15, 0.2) is 0 Å². The van der Waals surface area contributed by atoms with Gasteiger partial charge in [-0.1, -0.05) is 144 Å². The molecule has 0 atom stereocenters. The smallest absolute Gasteiger partial charge is 0.000720 e. The summed E-state index contributed by atoms with van der Waals surface area (Å²) in [6.07, 6.45) is 0. The van der Waals surface area contributed by atoms with Crippen LogP contribution >= 0.6 is 0 Å². The Bertz CT molecular complexity index is 3270. The third kappa shape index (κ3) is 5.45. The molecule has 0 radical (unpaired) electrons. The average Bonchev–Trinajstić information content (AvgIpc) is 3.76. The van der Waals surface area contributed by atoms with E-state index >= 15 is 0 Å². The number of benzene rings is 10. The first-order valence-corrected chi connectivity index (χ1v) is 23.8. The van der Waals surface area contributed by atoms with Gasteiger partial charge in [0.05, 0.1) is 0 Å². The Kier molecular flexibility index (Phi) is 8.73. The molecule has 2 aliphatic rings. The van der Waals surface area contributed by atoms with Gasteiger partial charge in [-0.15, -0.1) is 0 Å². The van der Waals surface area contributed by atoms with E-state index in [-0.39, 0.29) is 0 Å². The topological polar surface area (TPSA) is 0 Å². The minimum atomic E-state index is 1.30. The van der Waals surface area contributed by atoms with Gasteiger partial charge in [0.25, 0.3) is 0 Å². The van der Waals surface area contributed by atoms with Crippen LogP contribution in [0.3, 0.4) is 0 Å². The molecule has 0 spiro atoms. The van der Waals surface area contributed by atoms with Gasteiger partial charge in [-0.2, -0.15) is 0 Å². The predicted octanol–water partition coefficient (Wildman–Crippen LogP) is 18.8. The lowest BCUT2D eigenvalue weighted by Crippen LogP contribution is -2.00. The Balaban J connectivity index is 1.31. The van der Waals surface area contributed by atoms with Crippen LogP contribution in [0.25, 0.3) is 121 Å². The molecule has 0 aliphatic heterocycles. The maximum Gasteiger partial charge on any atom is -0.000720 e. The molecular formula is C66H56. The maximum atomic E-state index is 2.51. The molecule has 10 aromatic rings. The van der Waals surface area contributed by atoms with Crippen LogP contribution in [-0.2, 0) is 0 Å². The molecule has 2 aliphatic carbocycles. The van der Waals surface area contributed by atoms with Crippen LogP contribution in [0.4, 0.5) is 0 Å². The van der Waals surface area contributed by atoms with Gasteiger partial charge in [-0.05, 0) is 249 Å². The van der Waals surface area contributed by atoms with Crippen LogP contribution in [0.1, 0.15) is 66.8 Å². The summed E-state index contributed by atoms with van der Waals surface area (Å²) in [6, 6.07) is 47.7. The van der Waals surface area contributed by atoms with Crippen molar-refractivity contribution in [1.29, 1.82) is 0 Å². The van der Waals surface area contributed by atoms with E-state index in [2.05, 4.69) is 204 Å². The van der Waals surface area contributed by atoms with E-state index in [0.717, 1.165) is 0 Å². The lowest BCUT2D eigenvalue weighted by atomic mass is 9.78. The summed E-state index contributed by atoms with van der Waals surface area (Å²) in [5, 5.41) is 8.03. The summed E-state index contributed by atoms with van der Waals surface area (Å²) < 4.78 is 0. The van der Waals surface area contributed by atoms with Crippen molar-refractivity contribution in [2.24, 2.45) is 0 Å². The highest BCUT2D eigenvalue weighted by atomic mass is 14.4. The molecule has 0 aromatic heterocycles. The second-order valence-electron chi connectivity index (χ2n) is 20.3. The number of hydrogen-bond donors (Lipinski definition) is 0. The minimum absolute atomic E-state index is 1.30. The quantitative estimate of drug-likeness (QED) is 0.166. The SMILES string of the molecule is Cc1cc(C)c(-c2c3c(c(-c4c(C)cc(C)cc4C)c4ccccc24)-c2ccc4c5c(ccc-3c25)-c2c-4c(-c3c(C)cc(C)cc3C)c3ccccc3c2-c2c(C)cc(C)cc2C)c(C)c1. The lowest BCUT2D eigenvalue weighted by molar-refractivity contribution is 1.32. The molecule has 0 nitrogen and oxygen atoms in total. The molecule has 0 amide bonds. The number of rotatable bonds is 4. The Hall–Kier alpha value is -7.02. The largest absolute Gasteiger partial charge is 0.0616 e. The molecule has 66 heavy (non-hydrogen) atoms. The van der Waals surface area contributed by atoms with Gasteiger partial charge >= 0.3 is 0 Å². The first kappa shape index (κ1) is 40.5. The molecule has 10 aromatic carbocycles. The van der Waals surface area contributed by atoms with E-state index in [0.29, 0.717) is 0 Å². The van der Waals surface area contributed by atoms with Crippen molar-refractivity contribution in [1.82, 2.24) is 0 Å². The zero-order chi connectivity index (χ0) is 45.8. The van der Waals surface area contributed by atoms with Gasteiger partial charge in [-0.25, -0.2) is 0 Å². The highest BCUT2D eigenvalue weighted by molar-refractivity contribution is 6.35. The third-order valence-electron chi connectivity index (χ3n) is 15.4. The highest BCUT2D eigenvalue weighted by Gasteiger charge is 2.38. The first-order chi connectivity index (χ1) is 31.7. The average molecular weight is 849 g/mol. The van der Waals surface area contributed by atoms with Crippen molar-refractivity contribution in [3.05, 3.63) is 188 Å². The summed E-state index contributed by atoms with van der Waals surface area (Å²) in [6.45, 7) is 27.5. The molecule has 0 fully saturated rings. The second kappa shape index (κ2) is 14.2. The van der Waals surface area contributed by atoms with Crippen LogP contribution < -0.4 is 0 Å². The fourth-order valence-electron chi connectivity index (χ4n) is 13.6. The second-order valence-corrected chi connectivity index (χ2v) is 20.3. The van der Waals surface area contributed by atoms with Crippen molar-refractivity contribution in [2.45, 2.75) is 83.1 Å². The molecule has 0 saturated heterocycles. The Labute approximate surface area is 390 Å². The molecular weight excluding hydrogens is 793 g/mol. The van der Waals surface area contributed by atoms with E-state index in [9.17, 15) is 0 Å². The van der Waals surface area contributed by atoms with Crippen LogP contribution in [0.2, 0.25) is 0 Å².